The average molecular weight is 446 g/mol. The van der Waals surface area contributed by atoms with Crippen molar-refractivity contribution >= 4 is 17.8 Å². The molecule has 0 radical (unpaired) electrons. The Morgan fingerprint density at radius 3 is 2.41 bits per heavy atom. The molecule has 2 rings (SSSR count). The van der Waals surface area contributed by atoms with Gasteiger partial charge in [0, 0.05) is 16.7 Å². The van der Waals surface area contributed by atoms with Crippen LogP contribution in [0, 0.1) is 5.92 Å². The summed E-state index contributed by atoms with van der Waals surface area (Å²) in [5.74, 6) is -3.27. The summed E-state index contributed by atoms with van der Waals surface area (Å²) >= 11 is 0. The quantitative estimate of drug-likeness (QED) is 0.317. The highest BCUT2D eigenvalue weighted by Gasteiger charge is 2.41. The van der Waals surface area contributed by atoms with Crippen molar-refractivity contribution in [3.8, 4) is 11.5 Å². The summed E-state index contributed by atoms with van der Waals surface area (Å²) in [7, 11) is 0. The van der Waals surface area contributed by atoms with Crippen LogP contribution in [0.5, 0.6) is 11.5 Å². The predicted octanol–water partition coefficient (Wildman–Crippen LogP) is 3.85. The average Bonchev–Trinajstić information content (AvgIpc) is 3.03. The molecule has 0 saturated carbocycles. The molecule has 2 atom stereocenters. The predicted molar refractivity (Wildman–Crippen MR) is 119 cm³/mol. The number of carboxylic acid groups (broad SMARTS) is 2. The molecule has 1 aliphatic heterocycles. The van der Waals surface area contributed by atoms with Crippen molar-refractivity contribution in [2.75, 3.05) is 0 Å². The SMILES string of the molecule is CCC(C)[C@@H](C(=O)O)N1Cc2c(cc(O)c(C/C=C(\C)CC/C=C(\C)C(=O)O)c2O)C1=O. The Bertz CT molecular complexity index is 977. The molecule has 8 nitrogen and oxygen atoms in total. The number of amides is 1. The van der Waals surface area contributed by atoms with Gasteiger partial charge in [0.2, 0.25) is 0 Å². The van der Waals surface area contributed by atoms with Gasteiger partial charge in [0.15, 0.2) is 0 Å². The van der Waals surface area contributed by atoms with E-state index >= 15 is 0 Å². The van der Waals surface area contributed by atoms with E-state index < -0.39 is 23.9 Å². The number of phenols is 2. The molecule has 32 heavy (non-hydrogen) atoms. The third-order valence-corrected chi connectivity index (χ3v) is 6.06. The van der Waals surface area contributed by atoms with Crippen molar-refractivity contribution in [1.29, 1.82) is 0 Å². The van der Waals surface area contributed by atoms with E-state index in [2.05, 4.69) is 0 Å². The number of fused-ring (bicyclic) bond motifs is 1. The van der Waals surface area contributed by atoms with Crippen molar-refractivity contribution < 1.29 is 34.8 Å². The molecule has 0 aliphatic carbocycles. The van der Waals surface area contributed by atoms with Gasteiger partial charge in [0.1, 0.15) is 17.5 Å². The number of carboxylic acids is 2. The fraction of sp³-hybridized carbons (Fsp3) is 0.458. The molecule has 1 heterocycles. The summed E-state index contributed by atoms with van der Waals surface area (Å²) in [4.78, 5) is 36.7. The number of hydrogen-bond acceptors (Lipinski definition) is 5. The van der Waals surface area contributed by atoms with Crippen LogP contribution in [0.1, 0.15) is 68.4 Å². The second-order valence-corrected chi connectivity index (χ2v) is 8.34. The van der Waals surface area contributed by atoms with Crippen LogP contribution in [0.2, 0.25) is 0 Å². The van der Waals surface area contributed by atoms with Crippen LogP contribution in [0.25, 0.3) is 0 Å². The Balaban J connectivity index is 2.24. The first-order valence-electron chi connectivity index (χ1n) is 10.7. The summed E-state index contributed by atoms with van der Waals surface area (Å²) < 4.78 is 0. The molecule has 0 spiro atoms. The standard InChI is InChI=1S/C24H31NO7/c1-5-14(3)20(24(31)32)25-12-18-17(22(25)28)11-19(26)16(21(18)27)10-9-13(2)7-6-8-15(4)23(29)30/h8-9,11,14,20,26-27H,5-7,10,12H2,1-4H3,(H,29,30)(H,31,32)/b13-9+,15-8+/t14?,20-/m0/s1. The fourth-order valence-electron chi connectivity index (χ4n) is 3.80. The molecule has 0 saturated heterocycles. The number of benzene rings is 1. The van der Waals surface area contributed by atoms with E-state index in [-0.39, 0.29) is 47.1 Å². The van der Waals surface area contributed by atoms with Crippen LogP contribution in [0.3, 0.4) is 0 Å². The summed E-state index contributed by atoms with van der Waals surface area (Å²) in [5.41, 5.74) is 1.94. The van der Waals surface area contributed by atoms with Gasteiger partial charge in [-0.2, -0.15) is 0 Å². The maximum atomic E-state index is 12.8. The third kappa shape index (κ3) is 5.30. The number of carbonyl (C=O) groups excluding carboxylic acids is 1. The molecule has 4 N–H and O–H groups in total. The molecular weight excluding hydrogens is 414 g/mol. The van der Waals surface area contributed by atoms with Crippen molar-refractivity contribution in [2.24, 2.45) is 5.92 Å². The number of phenolic OH excluding ortho intramolecular Hbond substituents is 2. The van der Waals surface area contributed by atoms with Crippen LogP contribution >= 0.6 is 0 Å². The Kier molecular flexibility index (Phi) is 8.08. The molecule has 0 bridgehead atoms. The number of carbonyl (C=O) groups is 3. The maximum absolute atomic E-state index is 12.8. The summed E-state index contributed by atoms with van der Waals surface area (Å²) in [5, 5.41) is 39.7. The Labute approximate surface area is 187 Å². The number of allylic oxidation sites excluding steroid dienone is 3. The molecule has 8 heteroatoms. The van der Waals surface area contributed by atoms with Gasteiger partial charge >= 0.3 is 11.9 Å². The van der Waals surface area contributed by atoms with Crippen LogP contribution in [0.15, 0.2) is 29.4 Å². The summed E-state index contributed by atoms with van der Waals surface area (Å²) in [6, 6.07) is 0.277. The zero-order valence-electron chi connectivity index (χ0n) is 18.9. The lowest BCUT2D eigenvalue weighted by molar-refractivity contribution is -0.144. The van der Waals surface area contributed by atoms with Gasteiger partial charge in [-0.05, 0) is 45.1 Å². The van der Waals surface area contributed by atoms with Gasteiger partial charge in [0.05, 0.1) is 12.1 Å². The van der Waals surface area contributed by atoms with Crippen molar-refractivity contribution in [3.05, 3.63) is 46.1 Å². The van der Waals surface area contributed by atoms with Gasteiger partial charge in [-0.25, -0.2) is 9.59 Å². The van der Waals surface area contributed by atoms with Crippen LogP contribution in [0.4, 0.5) is 0 Å². The van der Waals surface area contributed by atoms with Gasteiger partial charge in [0.25, 0.3) is 5.91 Å². The largest absolute Gasteiger partial charge is 0.507 e. The van der Waals surface area contributed by atoms with Crippen LogP contribution in [-0.2, 0) is 22.6 Å². The second-order valence-electron chi connectivity index (χ2n) is 8.34. The number of hydrogen-bond donors (Lipinski definition) is 4. The Morgan fingerprint density at radius 1 is 1.19 bits per heavy atom. The van der Waals surface area contributed by atoms with E-state index in [4.69, 9.17) is 5.11 Å². The zero-order valence-corrected chi connectivity index (χ0v) is 18.9. The molecule has 1 aromatic rings. The highest BCUT2D eigenvalue weighted by atomic mass is 16.4. The second kappa shape index (κ2) is 10.3. The lowest BCUT2D eigenvalue weighted by Gasteiger charge is -2.28. The summed E-state index contributed by atoms with van der Waals surface area (Å²) in [6.45, 7) is 6.99. The molecule has 1 unspecified atom stereocenters. The first kappa shape index (κ1) is 25.0. The summed E-state index contributed by atoms with van der Waals surface area (Å²) in [6.07, 6.45) is 5.45. The first-order chi connectivity index (χ1) is 15.0. The minimum atomic E-state index is -1.10. The monoisotopic (exact) mass is 445 g/mol. The van der Waals surface area contributed by atoms with E-state index in [1.54, 1.807) is 13.0 Å². The van der Waals surface area contributed by atoms with Gasteiger partial charge in [-0.15, -0.1) is 0 Å². The maximum Gasteiger partial charge on any atom is 0.330 e. The van der Waals surface area contributed by atoms with Gasteiger partial charge < -0.3 is 25.3 Å². The van der Waals surface area contributed by atoms with Crippen LogP contribution in [-0.4, -0.2) is 49.2 Å². The number of rotatable bonds is 10. The first-order valence-corrected chi connectivity index (χ1v) is 10.7. The highest BCUT2D eigenvalue weighted by Crippen LogP contribution is 2.40. The van der Waals surface area contributed by atoms with E-state index in [0.717, 1.165) is 5.57 Å². The zero-order chi connectivity index (χ0) is 24.2. The topological polar surface area (TPSA) is 135 Å². The third-order valence-electron chi connectivity index (χ3n) is 6.06. The number of nitrogens with zero attached hydrogens (tertiary/aromatic N) is 1. The molecule has 174 valence electrons. The van der Waals surface area contributed by atoms with E-state index in [1.807, 2.05) is 19.9 Å². The highest BCUT2D eigenvalue weighted by molar-refractivity contribution is 6.02. The van der Waals surface area contributed by atoms with Crippen LogP contribution < -0.4 is 0 Å². The van der Waals surface area contributed by atoms with Gasteiger partial charge in [-0.3, -0.25) is 4.79 Å². The lowest BCUT2D eigenvalue weighted by atomic mass is 9.98. The van der Waals surface area contributed by atoms with Gasteiger partial charge in [-0.1, -0.05) is 38.0 Å². The van der Waals surface area contributed by atoms with Crippen molar-refractivity contribution in [2.45, 2.75) is 66.0 Å². The van der Waals surface area contributed by atoms with Crippen molar-refractivity contribution in [1.82, 2.24) is 4.90 Å². The van der Waals surface area contributed by atoms with E-state index in [0.29, 0.717) is 24.8 Å². The molecule has 0 fully saturated rings. The normalized spacial score (nSPS) is 16.1. The van der Waals surface area contributed by atoms with E-state index in [1.165, 1.54) is 17.9 Å². The molecule has 1 amide bonds. The minimum absolute atomic E-state index is 0.0312. The molecular formula is C24H31NO7. The minimum Gasteiger partial charge on any atom is -0.507 e. The molecule has 0 aromatic heterocycles. The lowest BCUT2D eigenvalue weighted by Crippen LogP contribution is -2.45. The molecule has 1 aliphatic rings. The Hall–Kier alpha value is -3.29. The number of aliphatic carboxylic acids is 2. The van der Waals surface area contributed by atoms with Crippen molar-refractivity contribution in [3.63, 3.8) is 0 Å². The fourth-order valence-corrected chi connectivity index (χ4v) is 3.80. The number of aromatic hydroxyl groups is 2. The smallest absolute Gasteiger partial charge is 0.330 e. The van der Waals surface area contributed by atoms with E-state index in [9.17, 15) is 29.7 Å². The molecule has 1 aromatic carbocycles. The Morgan fingerprint density at radius 2 is 1.84 bits per heavy atom.